The Morgan fingerprint density at radius 1 is 0.500 bits per heavy atom. The highest BCUT2D eigenvalue weighted by atomic mass is 14.8. The van der Waals surface area contributed by atoms with Crippen LogP contribution in [0.5, 0.6) is 0 Å². The summed E-state index contributed by atoms with van der Waals surface area (Å²) in [6, 6.07) is 14.0. The molecule has 0 unspecified atom stereocenters. The number of aryl methyl sites for hydroxylation is 4. The van der Waals surface area contributed by atoms with Crippen molar-refractivity contribution in [3.63, 3.8) is 0 Å². The Hall–Kier alpha value is -2.48. The monoisotopic (exact) mass is 599 g/mol. The normalized spacial score (nSPS) is 12.5. The zero-order chi connectivity index (χ0) is 31.8. The van der Waals surface area contributed by atoms with Crippen LogP contribution in [-0.4, -0.2) is 11.4 Å². The van der Waals surface area contributed by atoms with Gasteiger partial charge in [0.2, 0.25) is 0 Å². The van der Waals surface area contributed by atoms with E-state index >= 15 is 0 Å². The maximum Gasteiger partial charge on any atom is 0.0848 e. The number of benzene rings is 2. The van der Waals surface area contributed by atoms with E-state index in [1.807, 2.05) is 0 Å². The van der Waals surface area contributed by atoms with Crippen molar-refractivity contribution in [1.29, 1.82) is 0 Å². The van der Waals surface area contributed by atoms with Gasteiger partial charge in [-0.2, -0.15) is 0 Å². The Balaban J connectivity index is 2.51. The van der Waals surface area contributed by atoms with Crippen molar-refractivity contribution in [3.05, 3.63) is 70.8 Å². The minimum absolute atomic E-state index is 0.957. The van der Waals surface area contributed by atoms with Gasteiger partial charge in [-0.25, -0.2) is 4.99 Å². The number of allylic oxidation sites excluding steroid dienone is 2. The average molecular weight is 599 g/mol. The fourth-order valence-electron chi connectivity index (χ4n) is 6.01. The second kappa shape index (κ2) is 23.8. The lowest BCUT2D eigenvalue weighted by atomic mass is 9.96. The minimum atomic E-state index is 0.957. The second-order valence-corrected chi connectivity index (χ2v) is 12.7. The van der Waals surface area contributed by atoms with E-state index in [1.165, 1.54) is 125 Å². The molecule has 0 saturated carbocycles. The SMILES string of the molecule is C/C=C\C(=Nc1ccc(CCCCC)c(CCCCC)c1)C(CCCCC)=Nc1ccc(CCCCC)c(CCCCC)c1. The van der Waals surface area contributed by atoms with Crippen molar-refractivity contribution in [2.24, 2.45) is 9.98 Å². The predicted molar refractivity (Wildman–Crippen MR) is 199 cm³/mol. The first-order valence-electron chi connectivity index (χ1n) is 18.6. The summed E-state index contributed by atoms with van der Waals surface area (Å²) in [5.41, 5.74) is 10.3. The Labute approximate surface area is 273 Å². The van der Waals surface area contributed by atoms with E-state index in [0.717, 1.165) is 48.5 Å². The van der Waals surface area contributed by atoms with Crippen LogP contribution >= 0.6 is 0 Å². The van der Waals surface area contributed by atoms with E-state index in [0.29, 0.717) is 0 Å². The van der Waals surface area contributed by atoms with Gasteiger partial charge in [0.15, 0.2) is 0 Å². The zero-order valence-corrected chi connectivity index (χ0v) is 29.7. The van der Waals surface area contributed by atoms with Gasteiger partial charge in [-0.05, 0) is 124 Å². The lowest BCUT2D eigenvalue weighted by molar-refractivity contribution is 0.693. The Morgan fingerprint density at radius 3 is 1.34 bits per heavy atom. The number of hydrogen-bond donors (Lipinski definition) is 0. The van der Waals surface area contributed by atoms with Crippen LogP contribution in [0.15, 0.2) is 58.5 Å². The van der Waals surface area contributed by atoms with Crippen LogP contribution in [0.4, 0.5) is 11.4 Å². The molecule has 2 nitrogen and oxygen atoms in total. The molecule has 0 heterocycles. The van der Waals surface area contributed by atoms with Crippen molar-refractivity contribution in [2.45, 2.75) is 170 Å². The highest BCUT2D eigenvalue weighted by Gasteiger charge is 2.11. The van der Waals surface area contributed by atoms with Gasteiger partial charge in [-0.1, -0.05) is 117 Å². The summed E-state index contributed by atoms with van der Waals surface area (Å²) in [4.78, 5) is 10.7. The first kappa shape index (κ1) is 37.7. The Bertz CT molecular complexity index is 1140. The highest BCUT2D eigenvalue weighted by Crippen LogP contribution is 2.26. The summed E-state index contributed by atoms with van der Waals surface area (Å²) in [6.07, 6.45) is 28.8. The summed E-state index contributed by atoms with van der Waals surface area (Å²) in [5.74, 6) is 0. The first-order valence-corrected chi connectivity index (χ1v) is 18.6. The Kier molecular flexibility index (Phi) is 20.4. The van der Waals surface area contributed by atoms with Gasteiger partial charge in [-0.15, -0.1) is 0 Å². The minimum Gasteiger partial charge on any atom is -0.251 e. The van der Waals surface area contributed by atoms with E-state index in [-0.39, 0.29) is 0 Å². The highest BCUT2D eigenvalue weighted by molar-refractivity contribution is 6.47. The van der Waals surface area contributed by atoms with Crippen LogP contribution in [-0.2, 0) is 25.7 Å². The third kappa shape index (κ3) is 14.5. The van der Waals surface area contributed by atoms with Gasteiger partial charge < -0.3 is 0 Å². The number of hydrogen-bond acceptors (Lipinski definition) is 2. The van der Waals surface area contributed by atoms with Crippen LogP contribution in [0.25, 0.3) is 0 Å². The molecule has 44 heavy (non-hydrogen) atoms. The molecule has 2 heteroatoms. The van der Waals surface area contributed by atoms with Crippen molar-refractivity contribution in [2.75, 3.05) is 0 Å². The zero-order valence-electron chi connectivity index (χ0n) is 29.7. The summed E-state index contributed by atoms with van der Waals surface area (Å²) < 4.78 is 0. The van der Waals surface area contributed by atoms with Crippen LogP contribution < -0.4 is 0 Å². The molecule has 2 rings (SSSR count). The molecule has 2 aromatic carbocycles. The summed E-state index contributed by atoms with van der Waals surface area (Å²) >= 11 is 0. The lowest BCUT2D eigenvalue weighted by Gasteiger charge is -2.13. The van der Waals surface area contributed by atoms with Gasteiger partial charge in [0.1, 0.15) is 0 Å². The van der Waals surface area contributed by atoms with E-state index in [2.05, 4.69) is 90.1 Å². The van der Waals surface area contributed by atoms with Crippen molar-refractivity contribution < 1.29 is 0 Å². The topological polar surface area (TPSA) is 24.7 Å². The second-order valence-electron chi connectivity index (χ2n) is 12.7. The molecular weight excluding hydrogens is 532 g/mol. The van der Waals surface area contributed by atoms with Crippen molar-refractivity contribution in [3.8, 4) is 0 Å². The van der Waals surface area contributed by atoms with E-state index in [4.69, 9.17) is 9.98 Å². The third-order valence-electron chi connectivity index (χ3n) is 8.73. The standard InChI is InChI=1S/C42H66N2/c1-7-13-18-24-35-29-31-39(33-37(35)26-20-15-9-3)43-41(23-12-6)42(28-22-17-11-5)44-40-32-30-36(25-19-14-8-2)38(34-40)27-21-16-10-4/h12,23,29-34H,7-11,13-22,24-28H2,1-6H3/b23-12-,43-41?,44-42?. The first-order chi connectivity index (χ1) is 21.6. The number of aliphatic imine (C=N–C) groups is 2. The van der Waals surface area contributed by atoms with Gasteiger partial charge >= 0.3 is 0 Å². The molecule has 0 N–H and O–H groups in total. The van der Waals surface area contributed by atoms with Gasteiger partial charge in [0.25, 0.3) is 0 Å². The molecule has 0 bridgehead atoms. The van der Waals surface area contributed by atoms with Crippen molar-refractivity contribution in [1.82, 2.24) is 0 Å². The fourth-order valence-corrected chi connectivity index (χ4v) is 6.01. The van der Waals surface area contributed by atoms with E-state index in [9.17, 15) is 0 Å². The van der Waals surface area contributed by atoms with E-state index in [1.54, 1.807) is 0 Å². The van der Waals surface area contributed by atoms with Crippen LogP contribution in [0.1, 0.15) is 167 Å². The molecule has 0 saturated heterocycles. The number of rotatable bonds is 24. The maximum absolute atomic E-state index is 5.36. The predicted octanol–water partition coefficient (Wildman–Crippen LogP) is 13.6. The van der Waals surface area contributed by atoms with Gasteiger partial charge in [0, 0.05) is 0 Å². The molecule has 0 fully saturated rings. The molecule has 0 amide bonds. The summed E-state index contributed by atoms with van der Waals surface area (Å²) in [5, 5.41) is 0. The number of nitrogens with zero attached hydrogens (tertiary/aromatic N) is 2. The molecule has 0 aromatic heterocycles. The number of unbranched alkanes of at least 4 members (excludes halogenated alkanes) is 10. The van der Waals surface area contributed by atoms with Crippen LogP contribution in [0.3, 0.4) is 0 Å². The van der Waals surface area contributed by atoms with Crippen LogP contribution in [0, 0.1) is 0 Å². The molecule has 2 aromatic rings. The Morgan fingerprint density at radius 2 is 0.909 bits per heavy atom. The maximum atomic E-state index is 5.36. The fraction of sp³-hybridized carbons (Fsp3) is 0.619. The quantitative estimate of drug-likeness (QED) is 0.0848. The molecule has 0 aliphatic rings. The molecule has 0 aliphatic carbocycles. The molecule has 0 atom stereocenters. The molecular formula is C42H66N2. The largest absolute Gasteiger partial charge is 0.251 e. The average Bonchev–Trinajstić information content (AvgIpc) is 3.03. The van der Waals surface area contributed by atoms with Crippen LogP contribution in [0.2, 0.25) is 0 Å². The smallest absolute Gasteiger partial charge is 0.0848 e. The van der Waals surface area contributed by atoms with E-state index < -0.39 is 0 Å². The summed E-state index contributed by atoms with van der Waals surface area (Å²) in [7, 11) is 0. The molecule has 244 valence electrons. The van der Waals surface area contributed by atoms with Crippen molar-refractivity contribution >= 4 is 22.8 Å². The summed E-state index contributed by atoms with van der Waals surface area (Å²) in [6.45, 7) is 13.5. The lowest BCUT2D eigenvalue weighted by Crippen LogP contribution is -2.12. The molecule has 0 radical (unpaired) electrons. The molecule has 0 spiro atoms. The van der Waals surface area contributed by atoms with Gasteiger partial charge in [0.05, 0.1) is 22.8 Å². The van der Waals surface area contributed by atoms with Gasteiger partial charge in [-0.3, -0.25) is 4.99 Å². The third-order valence-corrected chi connectivity index (χ3v) is 8.73. The molecule has 0 aliphatic heterocycles.